The summed E-state index contributed by atoms with van der Waals surface area (Å²) in [6.45, 7) is 9.63. The maximum absolute atomic E-state index is 14.1. The van der Waals surface area contributed by atoms with E-state index >= 15 is 0 Å². The third-order valence-electron chi connectivity index (χ3n) is 13.0. The van der Waals surface area contributed by atoms with Gasteiger partial charge in [-0.25, -0.2) is 18.1 Å². The first-order valence-corrected chi connectivity index (χ1v) is 24.4. The molecule has 0 bridgehead atoms. The average Bonchev–Trinajstić information content (AvgIpc) is 3.79. The number of hydrogen-bond donors (Lipinski definition) is 4. The number of halogens is 1. The minimum atomic E-state index is -4.71. The Kier molecular flexibility index (Phi) is 13.1. The number of carbonyl (C=O) groups excluding carboxylic acids is 2. The highest BCUT2D eigenvalue weighted by Crippen LogP contribution is 2.44. The number of fused-ring (bicyclic) bond motifs is 2. The molecule has 1 aliphatic carbocycles. The normalized spacial score (nSPS) is 19.0. The van der Waals surface area contributed by atoms with Gasteiger partial charge in [-0.15, -0.1) is 0 Å². The number of aromatic amines is 1. The van der Waals surface area contributed by atoms with E-state index in [2.05, 4.69) is 61.1 Å². The molecule has 9 rings (SSSR count). The number of allylic oxidation sites excluding steroid dienone is 1. The lowest BCUT2D eigenvalue weighted by Crippen LogP contribution is -2.47. The molecule has 67 heavy (non-hydrogen) atoms. The van der Waals surface area contributed by atoms with Crippen LogP contribution in [0.2, 0.25) is 5.02 Å². The van der Waals surface area contributed by atoms with Crippen LogP contribution in [0.3, 0.4) is 0 Å². The van der Waals surface area contributed by atoms with E-state index in [9.17, 15) is 28.1 Å². The van der Waals surface area contributed by atoms with Crippen LogP contribution in [0.15, 0.2) is 89.6 Å². The molecule has 2 aromatic heterocycles. The van der Waals surface area contributed by atoms with Gasteiger partial charge in [-0.05, 0) is 85.1 Å². The summed E-state index contributed by atoms with van der Waals surface area (Å²) in [5.41, 5.74) is 5.00. The minimum absolute atomic E-state index is 0.0125. The Labute approximate surface area is 393 Å². The van der Waals surface area contributed by atoms with E-state index in [1.807, 2.05) is 18.2 Å². The maximum Gasteiger partial charge on any atom is 0.297 e. The number of carbonyl (C=O) groups is 2. The smallest absolute Gasteiger partial charge is 0.297 e. The third-order valence-corrected chi connectivity index (χ3v) is 14.6. The van der Waals surface area contributed by atoms with Crippen LogP contribution in [0.5, 0.6) is 17.2 Å². The summed E-state index contributed by atoms with van der Waals surface area (Å²) in [5, 5.41) is 19.7. The first kappa shape index (κ1) is 45.9. The lowest BCUT2D eigenvalue weighted by atomic mass is 9.72. The van der Waals surface area contributed by atoms with Crippen molar-refractivity contribution >= 4 is 67.1 Å². The van der Waals surface area contributed by atoms with Crippen molar-refractivity contribution in [3.05, 3.63) is 111 Å². The van der Waals surface area contributed by atoms with Crippen LogP contribution >= 0.6 is 11.6 Å². The molecule has 5 aromatic rings. The third kappa shape index (κ3) is 10.5. The highest BCUT2D eigenvalue weighted by Gasteiger charge is 2.34. The number of nitro benzene ring substituents is 1. The van der Waals surface area contributed by atoms with Crippen LogP contribution in [0.4, 0.5) is 17.1 Å². The molecule has 2 fully saturated rings. The van der Waals surface area contributed by atoms with E-state index in [1.54, 1.807) is 24.4 Å². The highest BCUT2D eigenvalue weighted by atomic mass is 35.5. The van der Waals surface area contributed by atoms with Gasteiger partial charge >= 0.3 is 0 Å². The summed E-state index contributed by atoms with van der Waals surface area (Å²) in [5.74, 6) is -1.01. The van der Waals surface area contributed by atoms with Gasteiger partial charge in [0.15, 0.2) is 11.4 Å². The second-order valence-electron chi connectivity index (χ2n) is 18.4. The highest BCUT2D eigenvalue weighted by molar-refractivity contribution is 7.90. The second kappa shape index (κ2) is 19.2. The topological polar surface area (TPSA) is 210 Å². The van der Waals surface area contributed by atoms with Crippen molar-refractivity contribution < 1.29 is 37.1 Å². The van der Waals surface area contributed by atoms with Gasteiger partial charge in [0.1, 0.15) is 23.8 Å². The molecule has 3 aliphatic heterocycles. The SMILES string of the molecule is CC1(C)CCC(CN2CCN(c3ccc(C(=O)NS(=O)(=O)c4cc5c(c([N+](=O)[O-])c4)N[C@@H](CNC(=O)C4CCOCC4)CO5)c(Oc4cnc5[nH]ccc5c4)c3)CC2)=C(c2ccc(Cl)cc2)C1. The number of anilines is 2. The molecule has 0 spiro atoms. The summed E-state index contributed by atoms with van der Waals surface area (Å²) in [7, 11) is -4.71. The Bertz CT molecular complexity index is 2840. The number of rotatable bonds is 13. The van der Waals surface area contributed by atoms with Gasteiger partial charge in [-0.3, -0.25) is 24.6 Å². The Morgan fingerprint density at radius 2 is 1.81 bits per heavy atom. The van der Waals surface area contributed by atoms with Crippen LogP contribution in [-0.4, -0.2) is 105 Å². The number of nitro groups is 1. The molecule has 17 nitrogen and oxygen atoms in total. The van der Waals surface area contributed by atoms with Crippen molar-refractivity contribution in [2.24, 2.45) is 11.3 Å². The van der Waals surface area contributed by atoms with Crippen LogP contribution in [0, 0.1) is 21.4 Å². The van der Waals surface area contributed by atoms with Gasteiger partial charge in [0.2, 0.25) is 5.91 Å². The molecule has 5 heterocycles. The summed E-state index contributed by atoms with van der Waals surface area (Å²) >= 11 is 6.25. The Hall–Kier alpha value is -6.21. The first-order chi connectivity index (χ1) is 32.2. The number of sulfonamides is 1. The molecular formula is C48H53ClN8O9S. The van der Waals surface area contributed by atoms with Gasteiger partial charge < -0.3 is 34.7 Å². The number of nitrogens with zero attached hydrogens (tertiary/aromatic N) is 4. The summed E-state index contributed by atoms with van der Waals surface area (Å²) in [4.78, 5) is 50.0. The molecular weight excluding hydrogens is 900 g/mol. The number of H-pyrrole nitrogens is 1. The van der Waals surface area contributed by atoms with Crippen LogP contribution in [0.1, 0.15) is 61.9 Å². The standard InChI is InChI=1S/C48H53ClN8O9S/c1-48(2)13-9-33(40(25-48)30-3-5-34(49)6-4-30)28-55-15-17-56(18-16-55)36-7-8-39(42(22-36)66-37-21-32-10-14-50-45(32)51-27-37)47(59)54-67(62,63)38-23-41(57(60)61)44-43(24-38)65-29-35(53-44)26-52-46(58)31-11-19-64-20-12-31/h3-8,10,14,21-24,27,31,35,53H,9,11-13,15-20,25-26,28-29H2,1-2H3,(H,50,51)(H,52,58)(H,54,59)/t35-/m0/s1. The predicted molar refractivity (Wildman–Crippen MR) is 254 cm³/mol. The van der Waals surface area contributed by atoms with E-state index in [4.69, 9.17) is 25.8 Å². The molecule has 2 amide bonds. The number of pyridine rings is 1. The van der Waals surface area contributed by atoms with E-state index in [-0.39, 0.29) is 53.1 Å². The van der Waals surface area contributed by atoms with Crippen molar-refractivity contribution in [1.82, 2.24) is 24.9 Å². The minimum Gasteiger partial charge on any atom is -0.489 e. The number of benzene rings is 3. The van der Waals surface area contributed by atoms with Gasteiger partial charge in [-0.1, -0.05) is 43.2 Å². The zero-order valence-electron chi connectivity index (χ0n) is 37.3. The fraction of sp³-hybridized carbons (Fsp3) is 0.396. The Balaban J connectivity index is 0.919. The van der Waals surface area contributed by atoms with Crippen LogP contribution in [-0.2, 0) is 19.6 Å². The number of ether oxygens (including phenoxy) is 3. The van der Waals surface area contributed by atoms with Gasteiger partial charge in [0.05, 0.1) is 27.6 Å². The Morgan fingerprint density at radius 3 is 2.57 bits per heavy atom. The molecule has 4 aliphatic rings. The van der Waals surface area contributed by atoms with E-state index in [0.717, 1.165) is 67.1 Å². The molecule has 3 aromatic carbocycles. The molecule has 0 saturated carbocycles. The van der Waals surface area contributed by atoms with Crippen LogP contribution in [0.25, 0.3) is 16.6 Å². The summed E-state index contributed by atoms with van der Waals surface area (Å²) in [6, 6.07) is 18.2. The monoisotopic (exact) mass is 952 g/mol. The second-order valence-corrected chi connectivity index (χ2v) is 20.5. The molecule has 0 unspecified atom stereocenters. The van der Waals surface area contributed by atoms with Gasteiger partial charge in [0, 0.05) is 98.9 Å². The van der Waals surface area contributed by atoms with Crippen LogP contribution < -0.4 is 29.7 Å². The molecule has 19 heteroatoms. The quantitative estimate of drug-likeness (QED) is 0.0665. The lowest BCUT2D eigenvalue weighted by molar-refractivity contribution is -0.384. The molecule has 352 valence electrons. The Morgan fingerprint density at radius 1 is 1.03 bits per heavy atom. The largest absolute Gasteiger partial charge is 0.489 e. The number of aromatic nitrogens is 2. The van der Waals surface area contributed by atoms with Gasteiger partial charge in [-0.2, -0.15) is 0 Å². The average molecular weight is 954 g/mol. The fourth-order valence-electron chi connectivity index (χ4n) is 9.22. The van der Waals surface area contributed by atoms with Crippen molar-refractivity contribution in [3.8, 4) is 17.2 Å². The van der Waals surface area contributed by atoms with Crippen molar-refractivity contribution in [2.75, 3.05) is 69.3 Å². The first-order valence-electron chi connectivity index (χ1n) is 22.5. The van der Waals surface area contributed by atoms with Crippen molar-refractivity contribution in [2.45, 2.75) is 56.9 Å². The maximum atomic E-state index is 14.1. The zero-order valence-corrected chi connectivity index (χ0v) is 38.9. The summed E-state index contributed by atoms with van der Waals surface area (Å²) in [6.07, 6.45) is 7.61. The lowest BCUT2D eigenvalue weighted by Gasteiger charge is -2.39. The summed E-state index contributed by atoms with van der Waals surface area (Å²) < 4.78 is 47.5. The molecule has 1 atom stereocenters. The number of hydrogen-bond acceptors (Lipinski definition) is 13. The zero-order chi connectivity index (χ0) is 46.9. The molecule has 0 radical (unpaired) electrons. The predicted octanol–water partition coefficient (Wildman–Crippen LogP) is 7.54. The van der Waals surface area contributed by atoms with Crippen molar-refractivity contribution in [1.29, 1.82) is 0 Å². The number of piperazine rings is 1. The fourth-order valence-corrected chi connectivity index (χ4v) is 10.4. The van der Waals surface area contributed by atoms with E-state index < -0.39 is 37.5 Å². The number of amides is 2. The van der Waals surface area contributed by atoms with Crippen molar-refractivity contribution in [3.63, 3.8) is 0 Å². The molecule has 2 saturated heterocycles. The molecule has 4 N–H and O–H groups in total. The number of nitrogens with one attached hydrogen (secondary N) is 4. The van der Waals surface area contributed by atoms with E-state index in [0.29, 0.717) is 50.5 Å². The van der Waals surface area contributed by atoms with Gasteiger partial charge in [0.25, 0.3) is 21.6 Å². The van der Waals surface area contributed by atoms with E-state index in [1.165, 1.54) is 29.0 Å².